The summed E-state index contributed by atoms with van der Waals surface area (Å²) in [6, 6.07) is 9.98. The predicted octanol–water partition coefficient (Wildman–Crippen LogP) is 3.63. The maximum absolute atomic E-state index is 5.39. The fourth-order valence-electron chi connectivity index (χ4n) is 2.33. The number of nitrogens with one attached hydrogen (secondary N) is 1. The molecule has 1 N–H and O–H groups in total. The molecule has 1 fully saturated rings. The second kappa shape index (κ2) is 7.17. The largest absolute Gasteiger partial charge is 0.381 e. The monoisotopic (exact) mass is 265 g/mol. The van der Waals surface area contributed by atoms with E-state index in [1.165, 1.54) is 10.5 Å². The number of hydrogen-bond acceptors (Lipinski definition) is 3. The maximum Gasteiger partial charge on any atom is 0.0480 e. The molecule has 1 aromatic rings. The van der Waals surface area contributed by atoms with E-state index in [0.29, 0.717) is 12.1 Å². The molecule has 0 radical (unpaired) electrons. The van der Waals surface area contributed by atoms with E-state index in [-0.39, 0.29) is 0 Å². The Morgan fingerprint density at radius 2 is 1.94 bits per heavy atom. The van der Waals surface area contributed by atoms with E-state index in [1.807, 2.05) is 11.8 Å². The summed E-state index contributed by atoms with van der Waals surface area (Å²) >= 11 is 1.89. The maximum atomic E-state index is 5.39. The lowest BCUT2D eigenvalue weighted by molar-refractivity contribution is 0.0754. The van der Waals surface area contributed by atoms with Crippen LogP contribution in [0.2, 0.25) is 0 Å². The first kappa shape index (κ1) is 13.9. The minimum Gasteiger partial charge on any atom is -0.381 e. The van der Waals surface area contributed by atoms with Gasteiger partial charge in [0, 0.05) is 30.2 Å². The van der Waals surface area contributed by atoms with Gasteiger partial charge in [0.15, 0.2) is 0 Å². The summed E-state index contributed by atoms with van der Waals surface area (Å²) in [5.41, 5.74) is 1.38. The first-order chi connectivity index (χ1) is 8.79. The first-order valence-electron chi connectivity index (χ1n) is 6.86. The van der Waals surface area contributed by atoms with Gasteiger partial charge in [-0.2, -0.15) is 0 Å². The van der Waals surface area contributed by atoms with Crippen molar-refractivity contribution in [2.24, 2.45) is 0 Å². The van der Waals surface area contributed by atoms with Crippen LogP contribution in [0.3, 0.4) is 0 Å². The molecule has 1 saturated heterocycles. The van der Waals surface area contributed by atoms with E-state index in [2.05, 4.69) is 43.4 Å². The van der Waals surface area contributed by atoms with Crippen LogP contribution in [0.4, 0.5) is 0 Å². The Bertz CT molecular complexity index is 346. The highest BCUT2D eigenvalue weighted by molar-refractivity contribution is 7.99. The molecule has 0 aliphatic carbocycles. The van der Waals surface area contributed by atoms with Crippen molar-refractivity contribution in [3.8, 4) is 0 Å². The normalized spacial score (nSPS) is 18.8. The predicted molar refractivity (Wildman–Crippen MR) is 78.2 cm³/mol. The SMILES string of the molecule is CCSc1ccc(C(C)NC2CCOCC2)cc1. The zero-order valence-electron chi connectivity index (χ0n) is 11.3. The van der Waals surface area contributed by atoms with Crippen LogP contribution in [0.25, 0.3) is 0 Å². The smallest absolute Gasteiger partial charge is 0.0480 e. The van der Waals surface area contributed by atoms with Gasteiger partial charge in [0.1, 0.15) is 0 Å². The summed E-state index contributed by atoms with van der Waals surface area (Å²) in [6.45, 7) is 6.23. The third-order valence-corrected chi connectivity index (χ3v) is 4.29. The van der Waals surface area contributed by atoms with E-state index < -0.39 is 0 Å². The average molecular weight is 265 g/mol. The van der Waals surface area contributed by atoms with Crippen molar-refractivity contribution < 1.29 is 4.74 Å². The lowest BCUT2D eigenvalue weighted by Crippen LogP contribution is -2.36. The zero-order valence-corrected chi connectivity index (χ0v) is 12.1. The van der Waals surface area contributed by atoms with Crippen LogP contribution in [0, 0.1) is 0 Å². The minimum atomic E-state index is 0.425. The first-order valence-corrected chi connectivity index (χ1v) is 7.84. The van der Waals surface area contributed by atoms with Gasteiger partial charge in [-0.05, 0) is 43.2 Å². The molecule has 0 amide bonds. The number of rotatable bonds is 5. The molecular weight excluding hydrogens is 242 g/mol. The minimum absolute atomic E-state index is 0.425. The number of benzene rings is 1. The molecular formula is C15H23NOS. The van der Waals surface area contributed by atoms with Gasteiger partial charge >= 0.3 is 0 Å². The van der Waals surface area contributed by atoms with E-state index >= 15 is 0 Å². The highest BCUT2D eigenvalue weighted by atomic mass is 32.2. The quantitative estimate of drug-likeness (QED) is 0.822. The molecule has 1 aromatic carbocycles. The third-order valence-electron chi connectivity index (χ3n) is 3.40. The molecule has 0 spiro atoms. The molecule has 0 aromatic heterocycles. The van der Waals surface area contributed by atoms with Crippen LogP contribution in [-0.2, 0) is 4.74 Å². The van der Waals surface area contributed by atoms with Gasteiger partial charge in [-0.3, -0.25) is 0 Å². The van der Waals surface area contributed by atoms with Crippen LogP contribution in [0.15, 0.2) is 29.2 Å². The van der Waals surface area contributed by atoms with Crippen LogP contribution in [0.1, 0.15) is 38.3 Å². The van der Waals surface area contributed by atoms with Crippen molar-refractivity contribution in [2.75, 3.05) is 19.0 Å². The molecule has 1 atom stereocenters. The fraction of sp³-hybridized carbons (Fsp3) is 0.600. The molecule has 0 saturated carbocycles. The third kappa shape index (κ3) is 4.01. The van der Waals surface area contributed by atoms with Crippen molar-refractivity contribution in [3.05, 3.63) is 29.8 Å². The second-order valence-corrected chi connectivity index (χ2v) is 6.11. The van der Waals surface area contributed by atoms with Crippen molar-refractivity contribution in [1.29, 1.82) is 0 Å². The second-order valence-electron chi connectivity index (χ2n) is 4.78. The van der Waals surface area contributed by atoms with Gasteiger partial charge in [-0.25, -0.2) is 0 Å². The highest BCUT2D eigenvalue weighted by Crippen LogP contribution is 2.21. The molecule has 18 heavy (non-hydrogen) atoms. The van der Waals surface area contributed by atoms with E-state index in [0.717, 1.165) is 31.8 Å². The van der Waals surface area contributed by atoms with Crippen molar-refractivity contribution in [3.63, 3.8) is 0 Å². The van der Waals surface area contributed by atoms with Crippen LogP contribution in [-0.4, -0.2) is 25.0 Å². The molecule has 2 rings (SSSR count). The summed E-state index contributed by atoms with van der Waals surface area (Å²) in [7, 11) is 0. The molecule has 1 heterocycles. The molecule has 1 aliphatic heterocycles. The van der Waals surface area contributed by atoms with Crippen molar-refractivity contribution >= 4 is 11.8 Å². The summed E-state index contributed by atoms with van der Waals surface area (Å²) in [5, 5.41) is 3.70. The van der Waals surface area contributed by atoms with Gasteiger partial charge in [0.25, 0.3) is 0 Å². The Morgan fingerprint density at radius 3 is 2.56 bits per heavy atom. The molecule has 100 valence electrons. The van der Waals surface area contributed by atoms with Crippen LogP contribution >= 0.6 is 11.8 Å². The van der Waals surface area contributed by atoms with Gasteiger partial charge in [-0.1, -0.05) is 19.1 Å². The van der Waals surface area contributed by atoms with E-state index in [9.17, 15) is 0 Å². The number of hydrogen-bond donors (Lipinski definition) is 1. The standard InChI is InChI=1S/C15H23NOS/c1-3-18-15-6-4-13(5-7-15)12(2)16-14-8-10-17-11-9-14/h4-7,12,14,16H,3,8-11H2,1-2H3. The summed E-state index contributed by atoms with van der Waals surface area (Å²) < 4.78 is 5.39. The van der Waals surface area contributed by atoms with Crippen LogP contribution in [0.5, 0.6) is 0 Å². The Balaban J connectivity index is 1.89. The average Bonchev–Trinajstić information content (AvgIpc) is 2.41. The zero-order chi connectivity index (χ0) is 12.8. The van der Waals surface area contributed by atoms with Crippen molar-refractivity contribution in [1.82, 2.24) is 5.32 Å². The summed E-state index contributed by atoms with van der Waals surface area (Å²) in [4.78, 5) is 1.36. The summed E-state index contributed by atoms with van der Waals surface area (Å²) in [5.74, 6) is 1.13. The van der Waals surface area contributed by atoms with Gasteiger partial charge < -0.3 is 10.1 Å². The van der Waals surface area contributed by atoms with E-state index in [1.54, 1.807) is 0 Å². The van der Waals surface area contributed by atoms with Crippen LogP contribution < -0.4 is 5.32 Å². The molecule has 3 heteroatoms. The highest BCUT2D eigenvalue weighted by Gasteiger charge is 2.16. The Hall–Kier alpha value is -0.510. The Labute approximate surface area is 114 Å². The molecule has 1 unspecified atom stereocenters. The number of thioether (sulfide) groups is 1. The van der Waals surface area contributed by atoms with Gasteiger partial charge in [0.2, 0.25) is 0 Å². The lowest BCUT2D eigenvalue weighted by Gasteiger charge is -2.27. The number of ether oxygens (including phenoxy) is 1. The lowest BCUT2D eigenvalue weighted by atomic mass is 10.0. The Morgan fingerprint density at radius 1 is 1.28 bits per heavy atom. The molecule has 2 nitrogen and oxygen atoms in total. The fourth-order valence-corrected chi connectivity index (χ4v) is 3.00. The Kier molecular flexibility index (Phi) is 5.54. The van der Waals surface area contributed by atoms with Crippen molar-refractivity contribution in [2.45, 2.75) is 43.7 Å². The molecule has 0 bridgehead atoms. The summed E-state index contributed by atoms with van der Waals surface area (Å²) in [6.07, 6.45) is 2.27. The van der Waals surface area contributed by atoms with Gasteiger partial charge in [-0.15, -0.1) is 11.8 Å². The van der Waals surface area contributed by atoms with Gasteiger partial charge in [0.05, 0.1) is 0 Å². The molecule has 1 aliphatic rings. The van der Waals surface area contributed by atoms with E-state index in [4.69, 9.17) is 4.74 Å². The topological polar surface area (TPSA) is 21.3 Å².